The molecule has 0 aromatic heterocycles. The molecule has 3 aromatic carbocycles. The Morgan fingerprint density at radius 3 is 1.42 bits per heavy atom. The van der Waals surface area contributed by atoms with E-state index in [0.29, 0.717) is 0 Å². The molecule has 0 aliphatic heterocycles. The van der Waals surface area contributed by atoms with Gasteiger partial charge in [0.15, 0.2) is 0 Å². The molecule has 1 aliphatic rings. The smallest absolute Gasteiger partial charge is 0.100 e. The van der Waals surface area contributed by atoms with Crippen molar-refractivity contribution in [3.05, 3.63) is 113 Å². The summed E-state index contributed by atoms with van der Waals surface area (Å²) < 4.78 is 0. The quantitative estimate of drug-likeness (QED) is 0.579. The van der Waals surface area contributed by atoms with E-state index in [1.165, 1.54) is 11.1 Å². The number of benzene rings is 3. The van der Waals surface area contributed by atoms with Crippen LogP contribution in [0.2, 0.25) is 0 Å². The fourth-order valence-electron chi connectivity index (χ4n) is 3.09. The number of nitriles is 1. The Morgan fingerprint density at radius 1 is 0.583 bits per heavy atom. The van der Waals surface area contributed by atoms with Gasteiger partial charge in [0, 0.05) is 5.57 Å². The highest BCUT2D eigenvalue weighted by Gasteiger charge is 2.35. The Kier molecular flexibility index (Phi) is 3.57. The fraction of sp³-hybridized carbons (Fsp3) is 0. The van der Waals surface area contributed by atoms with Crippen molar-refractivity contribution in [2.24, 2.45) is 0 Å². The summed E-state index contributed by atoms with van der Waals surface area (Å²) in [6.07, 6.45) is 0. The van der Waals surface area contributed by atoms with E-state index in [1.54, 1.807) is 0 Å². The Labute approximate surface area is 141 Å². The van der Waals surface area contributed by atoms with Crippen molar-refractivity contribution in [1.29, 1.82) is 5.26 Å². The lowest BCUT2D eigenvalue weighted by molar-refractivity contribution is 1.52. The van der Waals surface area contributed by atoms with Crippen molar-refractivity contribution in [2.75, 3.05) is 0 Å². The Bertz CT molecular complexity index is 921. The van der Waals surface area contributed by atoms with E-state index < -0.39 is 0 Å². The molecule has 0 spiro atoms. The van der Waals surface area contributed by atoms with Crippen LogP contribution in [0, 0.1) is 11.3 Å². The maximum Gasteiger partial charge on any atom is 0.100 e. The number of allylic oxidation sites excluding steroid dienone is 4. The highest BCUT2D eigenvalue weighted by molar-refractivity contribution is 6.31. The van der Waals surface area contributed by atoms with Crippen molar-refractivity contribution in [3.63, 3.8) is 0 Å². The molecule has 112 valence electrons. The minimum absolute atomic E-state index is 0.744. The molecular formula is C23H15N. The molecule has 0 fully saturated rings. The van der Waals surface area contributed by atoms with Gasteiger partial charge in [0.25, 0.3) is 0 Å². The molecule has 3 aromatic rings. The molecule has 1 heteroatoms. The van der Waals surface area contributed by atoms with Crippen LogP contribution in [0.1, 0.15) is 16.7 Å². The van der Waals surface area contributed by atoms with Gasteiger partial charge in [-0.15, -0.1) is 0 Å². The minimum Gasteiger partial charge on any atom is -0.192 e. The van der Waals surface area contributed by atoms with Gasteiger partial charge in [-0.25, -0.2) is 0 Å². The third-order valence-electron chi connectivity index (χ3n) is 4.24. The molecular weight excluding hydrogens is 290 g/mol. The molecule has 0 heterocycles. The topological polar surface area (TPSA) is 23.8 Å². The predicted octanol–water partition coefficient (Wildman–Crippen LogP) is 5.59. The van der Waals surface area contributed by atoms with E-state index in [4.69, 9.17) is 0 Å². The summed E-state index contributed by atoms with van der Waals surface area (Å²) >= 11 is 0. The van der Waals surface area contributed by atoms with E-state index in [1.807, 2.05) is 66.7 Å². The zero-order valence-corrected chi connectivity index (χ0v) is 13.1. The molecule has 0 unspecified atom stereocenters. The molecule has 0 bridgehead atoms. The largest absolute Gasteiger partial charge is 0.192 e. The molecule has 0 N–H and O–H groups in total. The van der Waals surface area contributed by atoms with Crippen molar-refractivity contribution in [3.8, 4) is 6.07 Å². The minimum atomic E-state index is 0.744. The van der Waals surface area contributed by atoms with E-state index in [9.17, 15) is 5.26 Å². The van der Waals surface area contributed by atoms with Gasteiger partial charge in [-0.1, -0.05) is 91.0 Å². The van der Waals surface area contributed by atoms with Crippen LogP contribution in [-0.4, -0.2) is 0 Å². The van der Waals surface area contributed by atoms with Crippen molar-refractivity contribution < 1.29 is 0 Å². The fourth-order valence-corrected chi connectivity index (χ4v) is 3.09. The predicted molar refractivity (Wildman–Crippen MR) is 98.7 cm³/mol. The second-order valence-electron chi connectivity index (χ2n) is 5.71. The van der Waals surface area contributed by atoms with Gasteiger partial charge >= 0.3 is 0 Å². The van der Waals surface area contributed by atoms with Gasteiger partial charge < -0.3 is 0 Å². The van der Waals surface area contributed by atoms with Crippen LogP contribution >= 0.6 is 0 Å². The molecule has 24 heavy (non-hydrogen) atoms. The summed E-state index contributed by atoms with van der Waals surface area (Å²) in [5.41, 5.74) is 7.47. The first kappa shape index (κ1) is 14.2. The average Bonchev–Trinajstić information content (AvgIpc) is 3.40. The highest BCUT2D eigenvalue weighted by Crippen LogP contribution is 2.55. The molecule has 0 atom stereocenters. The van der Waals surface area contributed by atoms with E-state index >= 15 is 0 Å². The number of hydrogen-bond donors (Lipinski definition) is 0. The molecule has 0 radical (unpaired) electrons. The zero-order valence-electron chi connectivity index (χ0n) is 13.1. The molecule has 4 rings (SSSR count). The van der Waals surface area contributed by atoms with Gasteiger partial charge in [-0.05, 0) is 27.8 Å². The van der Waals surface area contributed by atoms with Crippen LogP contribution in [0.25, 0.3) is 16.7 Å². The standard InChI is InChI=1S/C23H15N/c24-16-20(17-10-4-1-5-11-17)23-21(18-12-6-2-7-13-18)22(23)19-14-8-3-9-15-19/h1-15H. The second kappa shape index (κ2) is 6.02. The third kappa shape index (κ3) is 2.45. The van der Waals surface area contributed by atoms with E-state index in [-0.39, 0.29) is 0 Å². The highest BCUT2D eigenvalue weighted by atomic mass is 14.4. The Balaban J connectivity index is 1.91. The van der Waals surface area contributed by atoms with Crippen LogP contribution in [0.3, 0.4) is 0 Å². The lowest BCUT2D eigenvalue weighted by atomic mass is 10.0. The number of rotatable bonds is 3. The number of nitrogens with zero attached hydrogens (tertiary/aromatic N) is 1. The molecule has 1 nitrogen and oxygen atoms in total. The van der Waals surface area contributed by atoms with Crippen LogP contribution < -0.4 is 0 Å². The number of hydrogen-bond acceptors (Lipinski definition) is 1. The SMILES string of the molecule is N#CC(=C1C(c2ccccc2)=C1c1ccccc1)c1ccccc1. The summed E-state index contributed by atoms with van der Waals surface area (Å²) in [7, 11) is 0. The van der Waals surface area contributed by atoms with Crippen molar-refractivity contribution >= 4 is 16.7 Å². The summed E-state index contributed by atoms with van der Waals surface area (Å²) in [5.74, 6) is 0. The van der Waals surface area contributed by atoms with E-state index in [2.05, 4.69) is 30.3 Å². The average molecular weight is 305 g/mol. The second-order valence-corrected chi connectivity index (χ2v) is 5.71. The van der Waals surface area contributed by atoms with Gasteiger partial charge in [0.2, 0.25) is 0 Å². The van der Waals surface area contributed by atoms with Crippen molar-refractivity contribution in [1.82, 2.24) is 0 Å². The molecule has 1 aliphatic carbocycles. The zero-order chi connectivity index (χ0) is 16.4. The van der Waals surface area contributed by atoms with Gasteiger partial charge in [0.05, 0.1) is 5.57 Å². The van der Waals surface area contributed by atoms with Crippen LogP contribution in [0.15, 0.2) is 96.6 Å². The van der Waals surface area contributed by atoms with E-state index in [0.717, 1.165) is 27.8 Å². The van der Waals surface area contributed by atoms with Crippen LogP contribution in [-0.2, 0) is 0 Å². The lowest BCUT2D eigenvalue weighted by Crippen LogP contribution is -1.83. The van der Waals surface area contributed by atoms with Gasteiger partial charge in [-0.3, -0.25) is 0 Å². The Hall–Kier alpha value is -3.37. The summed E-state index contributed by atoms with van der Waals surface area (Å²) in [4.78, 5) is 0. The monoisotopic (exact) mass is 305 g/mol. The first-order valence-electron chi connectivity index (χ1n) is 7.96. The molecule has 0 saturated heterocycles. The van der Waals surface area contributed by atoms with Crippen LogP contribution in [0.4, 0.5) is 0 Å². The summed E-state index contributed by atoms with van der Waals surface area (Å²) in [6.45, 7) is 0. The maximum atomic E-state index is 9.78. The van der Waals surface area contributed by atoms with Crippen molar-refractivity contribution in [2.45, 2.75) is 0 Å². The molecule has 0 amide bonds. The summed E-state index contributed by atoms with van der Waals surface area (Å²) in [5, 5.41) is 9.78. The third-order valence-corrected chi connectivity index (χ3v) is 4.24. The Morgan fingerprint density at radius 2 is 1.00 bits per heavy atom. The van der Waals surface area contributed by atoms with Crippen LogP contribution in [0.5, 0.6) is 0 Å². The first-order chi connectivity index (χ1) is 11.9. The maximum absolute atomic E-state index is 9.78. The van der Waals surface area contributed by atoms with Gasteiger partial charge in [-0.2, -0.15) is 5.26 Å². The van der Waals surface area contributed by atoms with Gasteiger partial charge in [0.1, 0.15) is 6.07 Å². The molecule has 0 saturated carbocycles. The normalized spacial score (nSPS) is 12.7. The first-order valence-corrected chi connectivity index (χ1v) is 7.96. The lowest BCUT2D eigenvalue weighted by Gasteiger charge is -2.00. The summed E-state index contributed by atoms with van der Waals surface area (Å²) in [6, 6.07) is 32.9.